The van der Waals surface area contributed by atoms with Gasteiger partial charge >= 0.3 is 5.97 Å². The molecule has 0 radical (unpaired) electrons. The number of nitriles is 1. The minimum absolute atomic E-state index is 0.0278. The van der Waals surface area contributed by atoms with Gasteiger partial charge in [-0.1, -0.05) is 0 Å². The first-order chi connectivity index (χ1) is 7.51. The number of benzene rings is 1. The minimum Gasteiger partial charge on any atom is -0.465 e. The fourth-order valence-electron chi connectivity index (χ4n) is 1.07. The summed E-state index contributed by atoms with van der Waals surface area (Å²) in [6.07, 6.45) is 0. The monoisotopic (exact) mass is 332 g/mol. The first-order valence-electron chi connectivity index (χ1n) is 3.97. The maximum Gasteiger partial charge on any atom is 0.339 e. The molecule has 1 aromatic carbocycles. The highest BCUT2D eigenvalue weighted by Crippen LogP contribution is 2.25. The molecule has 0 spiro atoms. The van der Waals surface area contributed by atoms with E-state index in [2.05, 4.69) is 4.74 Å². The maximum absolute atomic E-state index is 11.3. The summed E-state index contributed by atoms with van der Waals surface area (Å²) in [6.45, 7) is 0. The molecular weight excluding hydrogens is 327 g/mol. The summed E-state index contributed by atoms with van der Waals surface area (Å²) >= 11 is 1.73. The van der Waals surface area contributed by atoms with Gasteiger partial charge in [0.2, 0.25) is 0 Å². The number of esters is 1. The Morgan fingerprint density at radius 2 is 2.25 bits per heavy atom. The summed E-state index contributed by atoms with van der Waals surface area (Å²) in [4.78, 5) is 21.3. The molecule has 0 saturated heterocycles. The molecule has 0 heterocycles. The lowest BCUT2D eigenvalue weighted by Crippen LogP contribution is -2.06. The molecule has 0 aliphatic rings. The number of rotatable bonds is 2. The third-order valence-electron chi connectivity index (χ3n) is 1.81. The Morgan fingerprint density at radius 1 is 1.62 bits per heavy atom. The van der Waals surface area contributed by atoms with Crippen LogP contribution in [0.3, 0.4) is 0 Å². The van der Waals surface area contributed by atoms with Crippen LogP contribution in [0.4, 0.5) is 5.69 Å². The molecule has 0 bridgehead atoms. The van der Waals surface area contributed by atoms with E-state index in [9.17, 15) is 14.9 Å². The molecule has 0 fully saturated rings. The number of halogens is 1. The third-order valence-corrected chi connectivity index (χ3v) is 2.67. The molecule has 7 heteroatoms. The Labute approximate surface area is 104 Å². The molecule has 1 rings (SSSR count). The Kier molecular flexibility index (Phi) is 3.78. The summed E-state index contributed by atoms with van der Waals surface area (Å²) in [7, 11) is 1.18. The van der Waals surface area contributed by atoms with Gasteiger partial charge in [-0.3, -0.25) is 10.1 Å². The Balaban J connectivity index is 3.45. The molecule has 0 unspecified atom stereocenters. The molecule has 1 aromatic rings. The molecule has 16 heavy (non-hydrogen) atoms. The van der Waals surface area contributed by atoms with Crippen molar-refractivity contribution in [1.29, 1.82) is 5.26 Å². The standard InChI is InChI=1S/C9H5IN2O4/c1-16-9(13)6-3-7(10)8(12(14)15)2-5(6)4-11/h2-3H,1H3. The van der Waals surface area contributed by atoms with E-state index in [0.29, 0.717) is 0 Å². The van der Waals surface area contributed by atoms with E-state index in [0.717, 1.165) is 6.07 Å². The fraction of sp³-hybridized carbons (Fsp3) is 0.111. The van der Waals surface area contributed by atoms with Gasteiger partial charge in [-0.25, -0.2) is 4.79 Å². The molecule has 0 saturated carbocycles. The van der Waals surface area contributed by atoms with Crippen molar-refractivity contribution in [1.82, 2.24) is 0 Å². The molecule has 0 N–H and O–H groups in total. The number of nitrogens with zero attached hydrogens (tertiary/aromatic N) is 2. The van der Waals surface area contributed by atoms with Gasteiger partial charge in [-0.2, -0.15) is 5.26 Å². The molecular formula is C9H5IN2O4. The lowest BCUT2D eigenvalue weighted by molar-refractivity contribution is -0.385. The molecule has 82 valence electrons. The van der Waals surface area contributed by atoms with Crippen molar-refractivity contribution >= 4 is 34.2 Å². The van der Waals surface area contributed by atoms with E-state index in [1.54, 1.807) is 28.7 Å². The molecule has 0 aliphatic carbocycles. The van der Waals surface area contributed by atoms with Crippen molar-refractivity contribution in [3.63, 3.8) is 0 Å². The molecule has 0 aliphatic heterocycles. The van der Waals surface area contributed by atoms with E-state index in [1.807, 2.05) is 0 Å². The summed E-state index contributed by atoms with van der Waals surface area (Å²) in [5.41, 5.74) is -0.247. The number of ether oxygens (including phenoxy) is 1. The van der Waals surface area contributed by atoms with Crippen LogP contribution >= 0.6 is 22.6 Å². The average Bonchev–Trinajstić information content (AvgIpc) is 2.27. The van der Waals surface area contributed by atoms with Gasteiger partial charge in [0.05, 0.1) is 26.7 Å². The second-order valence-electron chi connectivity index (χ2n) is 2.71. The Morgan fingerprint density at radius 3 is 2.69 bits per heavy atom. The third kappa shape index (κ3) is 2.27. The van der Waals surface area contributed by atoms with Crippen molar-refractivity contribution in [2.45, 2.75) is 0 Å². The van der Waals surface area contributed by atoms with Gasteiger partial charge in [0.25, 0.3) is 5.69 Å². The van der Waals surface area contributed by atoms with Gasteiger partial charge in [0.1, 0.15) is 6.07 Å². The number of carbonyl (C=O) groups excluding carboxylic acids is 1. The second-order valence-corrected chi connectivity index (χ2v) is 3.87. The van der Waals surface area contributed by atoms with E-state index in [4.69, 9.17) is 5.26 Å². The van der Waals surface area contributed by atoms with Crippen LogP contribution in [-0.2, 0) is 4.74 Å². The lowest BCUT2D eigenvalue weighted by atomic mass is 10.1. The number of carbonyl (C=O) groups is 1. The highest BCUT2D eigenvalue weighted by molar-refractivity contribution is 14.1. The number of nitro benzene ring substituents is 1. The summed E-state index contributed by atoms with van der Waals surface area (Å²) in [5.74, 6) is -0.690. The summed E-state index contributed by atoms with van der Waals surface area (Å²) in [5, 5.41) is 19.4. The average molecular weight is 332 g/mol. The minimum atomic E-state index is -0.690. The van der Waals surface area contributed by atoms with Crippen LogP contribution in [0.1, 0.15) is 15.9 Å². The number of hydrogen-bond donors (Lipinski definition) is 0. The van der Waals surface area contributed by atoms with Crippen molar-refractivity contribution < 1.29 is 14.5 Å². The lowest BCUT2D eigenvalue weighted by Gasteiger charge is -2.03. The van der Waals surface area contributed by atoms with Gasteiger partial charge in [-0.15, -0.1) is 0 Å². The zero-order valence-corrected chi connectivity index (χ0v) is 10.2. The van der Waals surface area contributed by atoms with Gasteiger partial charge in [-0.05, 0) is 28.7 Å². The van der Waals surface area contributed by atoms with E-state index >= 15 is 0 Å². The van der Waals surface area contributed by atoms with E-state index < -0.39 is 10.9 Å². The first-order valence-corrected chi connectivity index (χ1v) is 5.05. The van der Waals surface area contributed by atoms with Crippen LogP contribution in [0.25, 0.3) is 0 Å². The van der Waals surface area contributed by atoms with Crippen LogP contribution in [0.15, 0.2) is 12.1 Å². The van der Waals surface area contributed by atoms with Crippen molar-refractivity contribution in [3.8, 4) is 6.07 Å². The zero-order chi connectivity index (χ0) is 12.3. The largest absolute Gasteiger partial charge is 0.465 e. The molecule has 0 aromatic heterocycles. The fourth-order valence-corrected chi connectivity index (χ4v) is 1.74. The Bertz CT molecular complexity index is 507. The van der Waals surface area contributed by atoms with Crippen LogP contribution < -0.4 is 0 Å². The van der Waals surface area contributed by atoms with Crippen LogP contribution in [0.2, 0.25) is 0 Å². The highest BCUT2D eigenvalue weighted by Gasteiger charge is 2.20. The predicted molar refractivity (Wildman–Crippen MR) is 61.9 cm³/mol. The topological polar surface area (TPSA) is 93.2 Å². The zero-order valence-electron chi connectivity index (χ0n) is 8.06. The SMILES string of the molecule is COC(=O)c1cc(I)c([N+](=O)[O-])cc1C#N. The summed E-state index contributed by atoms with van der Waals surface area (Å²) < 4.78 is 4.75. The van der Waals surface area contributed by atoms with Gasteiger partial charge in [0, 0.05) is 6.07 Å². The normalized spacial score (nSPS) is 9.31. The number of nitro groups is 1. The van der Waals surface area contributed by atoms with Crippen LogP contribution in [-0.4, -0.2) is 18.0 Å². The predicted octanol–water partition coefficient (Wildman–Crippen LogP) is 1.86. The smallest absolute Gasteiger partial charge is 0.339 e. The highest BCUT2D eigenvalue weighted by atomic mass is 127. The van der Waals surface area contributed by atoms with Crippen molar-refractivity contribution in [2.75, 3.05) is 7.11 Å². The van der Waals surface area contributed by atoms with Gasteiger partial charge < -0.3 is 4.74 Å². The first kappa shape index (κ1) is 12.4. The molecule has 6 nitrogen and oxygen atoms in total. The summed E-state index contributed by atoms with van der Waals surface area (Å²) in [6, 6.07) is 4.06. The number of methoxy groups -OCH3 is 1. The molecule has 0 amide bonds. The van der Waals surface area contributed by atoms with E-state index in [-0.39, 0.29) is 20.4 Å². The quantitative estimate of drug-likeness (QED) is 0.357. The second kappa shape index (κ2) is 4.89. The van der Waals surface area contributed by atoms with Crippen molar-refractivity contribution in [2.24, 2.45) is 0 Å². The maximum atomic E-state index is 11.3. The van der Waals surface area contributed by atoms with Crippen LogP contribution in [0.5, 0.6) is 0 Å². The number of hydrogen-bond acceptors (Lipinski definition) is 5. The van der Waals surface area contributed by atoms with Crippen molar-refractivity contribution in [3.05, 3.63) is 36.9 Å². The van der Waals surface area contributed by atoms with E-state index in [1.165, 1.54) is 13.2 Å². The van der Waals surface area contributed by atoms with Crippen LogP contribution in [0, 0.1) is 25.0 Å². The van der Waals surface area contributed by atoms with Gasteiger partial charge in [0.15, 0.2) is 0 Å². The molecule has 0 atom stereocenters. The Hall–Kier alpha value is -1.69.